The van der Waals surface area contributed by atoms with Gasteiger partial charge in [-0.25, -0.2) is 23.1 Å². The monoisotopic (exact) mass is 420 g/mol. The van der Waals surface area contributed by atoms with Gasteiger partial charge in [-0.05, 0) is 18.6 Å². The number of rotatable bonds is 5. The minimum atomic E-state index is -2.57. The number of nitrogens with one attached hydrogen (secondary N) is 2. The van der Waals surface area contributed by atoms with Crippen LogP contribution in [0.25, 0.3) is 0 Å². The van der Waals surface area contributed by atoms with E-state index >= 15 is 4.39 Å². The first-order valence-corrected chi connectivity index (χ1v) is 10.1. The van der Waals surface area contributed by atoms with Crippen molar-refractivity contribution < 1.29 is 17.9 Å². The van der Waals surface area contributed by atoms with E-state index in [1.165, 1.54) is 12.1 Å². The standard InChI is InChI=1S/C20H23F3N6O/c21-18-15(28-5-3-24-4-6-28)8-17(26-16-2-1-12(9-25-16)19(22)23)27-20(18)29-10-14-7-13(29)11-30-14/h1-2,8-9,13-14,19,24H,3-7,10-11H2,(H,25,26,27). The number of morpholine rings is 1. The third-order valence-corrected chi connectivity index (χ3v) is 5.85. The molecule has 2 aromatic heterocycles. The van der Waals surface area contributed by atoms with Crippen LogP contribution in [-0.4, -0.2) is 61.4 Å². The molecule has 0 aliphatic carbocycles. The van der Waals surface area contributed by atoms with Crippen LogP contribution in [0.15, 0.2) is 24.4 Å². The summed E-state index contributed by atoms with van der Waals surface area (Å²) in [6, 6.07) is 4.57. The Morgan fingerprint density at radius 3 is 2.67 bits per heavy atom. The fourth-order valence-electron chi connectivity index (χ4n) is 4.29. The first-order valence-electron chi connectivity index (χ1n) is 10.1. The van der Waals surface area contributed by atoms with Crippen molar-refractivity contribution in [1.82, 2.24) is 15.3 Å². The first-order chi connectivity index (χ1) is 14.6. The predicted octanol–water partition coefficient (Wildman–Crippen LogP) is 2.68. The number of aromatic nitrogens is 2. The highest BCUT2D eigenvalue weighted by Gasteiger charge is 2.41. The van der Waals surface area contributed by atoms with Gasteiger partial charge in [0.15, 0.2) is 11.6 Å². The lowest BCUT2D eigenvalue weighted by Crippen LogP contribution is -2.44. The lowest BCUT2D eigenvalue weighted by molar-refractivity contribution is 0.0986. The third-order valence-electron chi connectivity index (χ3n) is 5.85. The summed E-state index contributed by atoms with van der Waals surface area (Å²) in [5, 5.41) is 6.32. The van der Waals surface area contributed by atoms with Crippen LogP contribution in [0, 0.1) is 5.82 Å². The Bertz CT molecular complexity index is 906. The molecule has 5 heterocycles. The number of hydrogen-bond acceptors (Lipinski definition) is 7. The van der Waals surface area contributed by atoms with Crippen molar-refractivity contribution in [2.45, 2.75) is 25.0 Å². The SMILES string of the molecule is Fc1c(N2CCNCC2)cc(Nc2ccc(C(F)F)cn2)nc1N1CC2CC1CO2. The second-order valence-corrected chi connectivity index (χ2v) is 7.80. The summed E-state index contributed by atoms with van der Waals surface area (Å²) in [5.41, 5.74) is 0.333. The summed E-state index contributed by atoms with van der Waals surface area (Å²) in [5.74, 6) is 0.771. The van der Waals surface area contributed by atoms with Gasteiger partial charge in [-0.1, -0.05) is 0 Å². The zero-order chi connectivity index (χ0) is 20.7. The van der Waals surface area contributed by atoms with Gasteiger partial charge in [-0.3, -0.25) is 0 Å². The van der Waals surface area contributed by atoms with E-state index in [0.29, 0.717) is 49.4 Å². The van der Waals surface area contributed by atoms with Crippen LogP contribution in [0.4, 0.5) is 36.3 Å². The Kier molecular flexibility index (Phi) is 5.11. The van der Waals surface area contributed by atoms with E-state index in [4.69, 9.17) is 4.74 Å². The Morgan fingerprint density at radius 2 is 2.03 bits per heavy atom. The molecule has 3 fully saturated rings. The molecule has 0 saturated carbocycles. The number of ether oxygens (including phenoxy) is 1. The van der Waals surface area contributed by atoms with Gasteiger partial charge in [0, 0.05) is 50.6 Å². The maximum absolute atomic E-state index is 15.6. The van der Waals surface area contributed by atoms with Crippen LogP contribution in [0.2, 0.25) is 0 Å². The molecule has 3 saturated heterocycles. The third kappa shape index (κ3) is 3.65. The lowest BCUT2D eigenvalue weighted by atomic mass is 10.2. The molecule has 10 heteroatoms. The van der Waals surface area contributed by atoms with E-state index in [1.54, 1.807) is 6.07 Å². The number of piperazine rings is 1. The summed E-state index contributed by atoms with van der Waals surface area (Å²) in [6.07, 6.45) is -0.461. The molecule has 0 radical (unpaired) electrons. The van der Waals surface area contributed by atoms with Crippen LogP contribution in [0.1, 0.15) is 18.4 Å². The zero-order valence-electron chi connectivity index (χ0n) is 16.3. The van der Waals surface area contributed by atoms with Crippen molar-refractivity contribution in [3.8, 4) is 0 Å². The Labute approximate surface area is 172 Å². The van der Waals surface area contributed by atoms with E-state index in [2.05, 4.69) is 20.6 Å². The molecule has 30 heavy (non-hydrogen) atoms. The summed E-state index contributed by atoms with van der Waals surface area (Å²) in [6.45, 7) is 4.12. The van der Waals surface area contributed by atoms with Crippen molar-refractivity contribution in [2.24, 2.45) is 0 Å². The largest absolute Gasteiger partial charge is 0.374 e. The van der Waals surface area contributed by atoms with E-state index in [-0.39, 0.29) is 23.5 Å². The number of alkyl halides is 2. The van der Waals surface area contributed by atoms with Gasteiger partial charge in [-0.2, -0.15) is 0 Å². The second kappa shape index (κ2) is 7.92. The molecular weight excluding hydrogens is 397 g/mol. The molecule has 7 nitrogen and oxygen atoms in total. The minimum Gasteiger partial charge on any atom is -0.374 e. The predicted molar refractivity (Wildman–Crippen MR) is 107 cm³/mol. The second-order valence-electron chi connectivity index (χ2n) is 7.80. The maximum atomic E-state index is 15.6. The van der Waals surface area contributed by atoms with Gasteiger partial charge in [0.25, 0.3) is 6.43 Å². The average Bonchev–Trinajstić information content (AvgIpc) is 3.39. The Hall–Kier alpha value is -2.59. The number of anilines is 4. The number of pyridine rings is 2. The van der Waals surface area contributed by atoms with Crippen molar-refractivity contribution >= 4 is 23.1 Å². The molecule has 0 amide bonds. The number of halogens is 3. The molecule has 0 aromatic carbocycles. The topological polar surface area (TPSA) is 65.5 Å². The molecular formula is C20H23F3N6O. The van der Waals surface area contributed by atoms with Crippen molar-refractivity contribution in [3.63, 3.8) is 0 Å². The van der Waals surface area contributed by atoms with Gasteiger partial charge >= 0.3 is 0 Å². The molecule has 2 atom stereocenters. The van der Waals surface area contributed by atoms with Gasteiger partial charge in [0.05, 0.1) is 24.4 Å². The fourth-order valence-corrected chi connectivity index (χ4v) is 4.29. The van der Waals surface area contributed by atoms with E-state index < -0.39 is 6.43 Å². The number of fused-ring (bicyclic) bond motifs is 2. The van der Waals surface area contributed by atoms with Crippen molar-refractivity contribution in [2.75, 3.05) is 54.4 Å². The van der Waals surface area contributed by atoms with Crippen LogP contribution in [-0.2, 0) is 4.74 Å². The molecule has 0 spiro atoms. The maximum Gasteiger partial charge on any atom is 0.265 e. The molecule has 5 rings (SSSR count). The average molecular weight is 420 g/mol. The van der Waals surface area contributed by atoms with Crippen molar-refractivity contribution in [1.29, 1.82) is 0 Å². The molecule has 2 aromatic rings. The number of hydrogen-bond donors (Lipinski definition) is 2. The van der Waals surface area contributed by atoms with Crippen molar-refractivity contribution in [3.05, 3.63) is 35.8 Å². The molecule has 160 valence electrons. The van der Waals surface area contributed by atoms with Crippen LogP contribution < -0.4 is 20.4 Å². The van der Waals surface area contributed by atoms with Crippen LogP contribution in [0.3, 0.4) is 0 Å². The van der Waals surface area contributed by atoms with E-state index in [1.807, 2.05) is 9.80 Å². The minimum absolute atomic E-state index is 0.110. The highest BCUT2D eigenvalue weighted by molar-refractivity contribution is 5.67. The van der Waals surface area contributed by atoms with Crippen LogP contribution >= 0.6 is 0 Å². The highest BCUT2D eigenvalue weighted by atomic mass is 19.3. The van der Waals surface area contributed by atoms with Gasteiger partial charge in [0.2, 0.25) is 0 Å². The summed E-state index contributed by atoms with van der Waals surface area (Å²) in [7, 11) is 0. The summed E-state index contributed by atoms with van der Waals surface area (Å²) < 4.78 is 46.8. The lowest BCUT2D eigenvalue weighted by Gasteiger charge is -2.33. The Balaban J connectivity index is 1.48. The molecule has 2 bridgehead atoms. The summed E-state index contributed by atoms with van der Waals surface area (Å²) in [4.78, 5) is 12.6. The molecule has 3 aliphatic rings. The van der Waals surface area contributed by atoms with Gasteiger partial charge in [-0.15, -0.1) is 0 Å². The fraction of sp³-hybridized carbons (Fsp3) is 0.500. The molecule has 3 aliphatic heterocycles. The van der Waals surface area contributed by atoms with E-state index in [9.17, 15) is 8.78 Å². The summed E-state index contributed by atoms with van der Waals surface area (Å²) >= 11 is 0. The smallest absolute Gasteiger partial charge is 0.265 e. The quantitative estimate of drug-likeness (QED) is 0.771. The van der Waals surface area contributed by atoms with E-state index in [0.717, 1.165) is 25.7 Å². The van der Waals surface area contributed by atoms with Crippen LogP contribution in [0.5, 0.6) is 0 Å². The Morgan fingerprint density at radius 1 is 1.20 bits per heavy atom. The zero-order valence-corrected chi connectivity index (χ0v) is 16.3. The molecule has 2 N–H and O–H groups in total. The molecule has 2 unspecified atom stereocenters. The van der Waals surface area contributed by atoms with Gasteiger partial charge < -0.3 is 25.2 Å². The number of nitrogens with zero attached hydrogens (tertiary/aromatic N) is 4. The first kappa shape index (κ1) is 19.4. The highest BCUT2D eigenvalue weighted by Crippen LogP contribution is 2.37. The normalized spacial score (nSPS) is 23.5. The van der Waals surface area contributed by atoms with Gasteiger partial charge in [0.1, 0.15) is 11.6 Å².